The van der Waals surface area contributed by atoms with Gasteiger partial charge in [-0.2, -0.15) is 17.5 Å². The number of carbonyl (C=O) groups is 1. The number of benzene rings is 1. The lowest BCUT2D eigenvalue weighted by Gasteiger charge is -2.14. The van der Waals surface area contributed by atoms with Crippen molar-refractivity contribution in [3.63, 3.8) is 0 Å². The topological polar surface area (TPSA) is 59.4 Å². The summed E-state index contributed by atoms with van der Waals surface area (Å²) in [5.74, 6) is -4.21. The van der Waals surface area contributed by atoms with Crippen LogP contribution in [0.1, 0.15) is 59.7 Å². The minimum absolute atomic E-state index is 0.0814. The minimum atomic E-state index is -4.63. The molecule has 2 aromatic rings. The average Bonchev–Trinajstić information content (AvgIpc) is 3.27. The molecule has 29 heavy (non-hydrogen) atoms. The van der Waals surface area contributed by atoms with Crippen molar-refractivity contribution in [1.82, 2.24) is 4.37 Å². The highest BCUT2D eigenvalue weighted by molar-refractivity contribution is 7.06. The van der Waals surface area contributed by atoms with E-state index in [4.69, 9.17) is 9.84 Å². The molecule has 158 valence electrons. The first-order valence-electron chi connectivity index (χ1n) is 9.05. The third kappa shape index (κ3) is 5.04. The molecule has 0 amide bonds. The zero-order chi connectivity index (χ0) is 21.2. The summed E-state index contributed by atoms with van der Waals surface area (Å²) in [7, 11) is 0. The van der Waals surface area contributed by atoms with Gasteiger partial charge in [0.05, 0.1) is 5.69 Å². The van der Waals surface area contributed by atoms with Gasteiger partial charge in [0.1, 0.15) is 11.5 Å². The van der Waals surface area contributed by atoms with Crippen molar-refractivity contribution in [3.05, 3.63) is 45.5 Å². The number of aryl methyl sites for hydroxylation is 1. The van der Waals surface area contributed by atoms with Gasteiger partial charge in [-0.3, -0.25) is 4.79 Å². The molecule has 0 aliphatic heterocycles. The van der Waals surface area contributed by atoms with Gasteiger partial charge in [0.15, 0.2) is 17.4 Å². The van der Waals surface area contributed by atoms with Crippen LogP contribution in [0.15, 0.2) is 12.1 Å². The molecule has 3 rings (SSSR count). The highest BCUT2D eigenvalue weighted by Gasteiger charge is 2.39. The number of rotatable bonds is 7. The molecule has 1 saturated carbocycles. The highest BCUT2D eigenvalue weighted by atomic mass is 32.1. The van der Waals surface area contributed by atoms with E-state index in [1.54, 1.807) is 0 Å². The molecular weight excluding hydrogens is 417 g/mol. The molecule has 0 unspecified atom stereocenters. The van der Waals surface area contributed by atoms with Crippen LogP contribution in [0.2, 0.25) is 0 Å². The molecule has 0 bridgehead atoms. The number of alkyl halides is 3. The number of aliphatic carboxylic acids is 1. The van der Waals surface area contributed by atoms with Gasteiger partial charge in [-0.15, -0.1) is 0 Å². The molecule has 1 N–H and O–H groups in total. The smallest absolute Gasteiger partial charge is 0.427 e. The SMILES string of the molecule is O=C(O)CCc1cc(F)c(OCc2c(C3CCCC3)nsc2C(F)(F)F)c(F)c1. The average molecular weight is 435 g/mol. The van der Waals surface area contributed by atoms with Crippen LogP contribution in [0.4, 0.5) is 22.0 Å². The van der Waals surface area contributed by atoms with Crippen LogP contribution in [-0.2, 0) is 24.0 Å². The maximum absolute atomic E-state index is 14.3. The van der Waals surface area contributed by atoms with E-state index in [2.05, 4.69) is 4.37 Å². The number of ether oxygens (including phenoxy) is 1. The fourth-order valence-electron chi connectivity index (χ4n) is 3.49. The molecule has 1 heterocycles. The molecule has 0 radical (unpaired) electrons. The predicted octanol–water partition coefficient (Wildman–Crippen LogP) is 5.69. The molecule has 1 aromatic heterocycles. The van der Waals surface area contributed by atoms with Crippen molar-refractivity contribution in [3.8, 4) is 5.75 Å². The third-order valence-electron chi connectivity index (χ3n) is 4.86. The summed E-state index contributed by atoms with van der Waals surface area (Å²) in [5.41, 5.74) is 0.233. The molecule has 1 aliphatic rings. The summed E-state index contributed by atoms with van der Waals surface area (Å²) < 4.78 is 77.7. The Kier molecular flexibility index (Phi) is 6.40. The number of carboxylic acids is 1. The van der Waals surface area contributed by atoms with Gasteiger partial charge in [0.25, 0.3) is 0 Å². The third-order valence-corrected chi connectivity index (χ3v) is 5.81. The zero-order valence-corrected chi connectivity index (χ0v) is 16.0. The second-order valence-corrected chi connectivity index (χ2v) is 7.70. The van der Waals surface area contributed by atoms with E-state index < -0.39 is 41.0 Å². The van der Waals surface area contributed by atoms with Crippen LogP contribution < -0.4 is 4.74 Å². The van der Waals surface area contributed by atoms with Crippen LogP contribution in [0.5, 0.6) is 5.75 Å². The minimum Gasteiger partial charge on any atom is -0.483 e. The summed E-state index contributed by atoms with van der Waals surface area (Å²) in [6, 6.07) is 1.85. The fourth-order valence-corrected chi connectivity index (χ4v) is 4.32. The van der Waals surface area contributed by atoms with Crippen LogP contribution in [0.25, 0.3) is 0 Å². The maximum Gasteiger partial charge on any atom is 0.427 e. The summed E-state index contributed by atoms with van der Waals surface area (Å²) in [5, 5.41) is 8.66. The van der Waals surface area contributed by atoms with Gasteiger partial charge < -0.3 is 9.84 Å². The number of carboxylic acid groups (broad SMARTS) is 1. The van der Waals surface area contributed by atoms with Crippen molar-refractivity contribution in [2.24, 2.45) is 0 Å². The lowest BCUT2D eigenvalue weighted by molar-refractivity contribution is -0.137. The van der Waals surface area contributed by atoms with E-state index in [0.717, 1.165) is 37.8 Å². The van der Waals surface area contributed by atoms with Crippen LogP contribution in [0, 0.1) is 11.6 Å². The largest absolute Gasteiger partial charge is 0.483 e. The van der Waals surface area contributed by atoms with E-state index in [1.807, 2.05) is 0 Å². The van der Waals surface area contributed by atoms with E-state index in [0.29, 0.717) is 17.2 Å². The number of aromatic nitrogens is 1. The van der Waals surface area contributed by atoms with Gasteiger partial charge in [-0.1, -0.05) is 12.8 Å². The standard InChI is InChI=1S/C19H18F5NO3S/c20-13-7-10(5-6-15(26)27)8-14(21)17(13)28-9-12-16(11-3-1-2-4-11)25-29-18(12)19(22,23)24/h7-8,11H,1-6,9H2,(H,26,27). The molecule has 0 spiro atoms. The van der Waals surface area contributed by atoms with Crippen LogP contribution in [-0.4, -0.2) is 15.4 Å². The number of hydrogen-bond acceptors (Lipinski definition) is 4. The second-order valence-electron chi connectivity index (χ2n) is 6.93. The normalized spacial score (nSPS) is 15.1. The molecule has 4 nitrogen and oxygen atoms in total. The molecule has 1 aliphatic carbocycles. The lowest BCUT2D eigenvalue weighted by Crippen LogP contribution is -2.11. The first-order chi connectivity index (χ1) is 13.7. The zero-order valence-electron chi connectivity index (χ0n) is 15.2. The van der Waals surface area contributed by atoms with Crippen LogP contribution in [0.3, 0.4) is 0 Å². The predicted molar refractivity (Wildman–Crippen MR) is 95.0 cm³/mol. The monoisotopic (exact) mass is 435 g/mol. The van der Waals surface area contributed by atoms with Gasteiger partial charge in [-0.25, -0.2) is 8.78 Å². The van der Waals surface area contributed by atoms with Gasteiger partial charge in [0, 0.05) is 17.9 Å². The Morgan fingerprint density at radius 3 is 2.38 bits per heavy atom. The quantitative estimate of drug-likeness (QED) is 0.568. The summed E-state index contributed by atoms with van der Waals surface area (Å²) in [6.07, 6.45) is -1.80. The van der Waals surface area contributed by atoms with Gasteiger partial charge in [-0.05, 0) is 48.5 Å². The first-order valence-corrected chi connectivity index (χ1v) is 9.82. The lowest BCUT2D eigenvalue weighted by atomic mass is 9.99. The van der Waals surface area contributed by atoms with Gasteiger partial charge >= 0.3 is 12.1 Å². The first kappa shape index (κ1) is 21.5. The maximum atomic E-state index is 14.3. The Morgan fingerprint density at radius 2 is 1.83 bits per heavy atom. The van der Waals surface area contributed by atoms with E-state index in [1.165, 1.54) is 0 Å². The van der Waals surface area contributed by atoms with Gasteiger partial charge in [0.2, 0.25) is 0 Å². The van der Waals surface area contributed by atoms with Crippen molar-refractivity contribution in [2.75, 3.05) is 0 Å². The molecule has 1 fully saturated rings. The molecular formula is C19H18F5NO3S. The number of hydrogen-bond donors (Lipinski definition) is 1. The van der Waals surface area contributed by atoms with Crippen molar-refractivity contribution >= 4 is 17.5 Å². The Hall–Kier alpha value is -2.23. The summed E-state index contributed by atoms with van der Waals surface area (Å²) in [6.45, 7) is -0.653. The summed E-state index contributed by atoms with van der Waals surface area (Å²) >= 11 is 0.327. The number of nitrogens with zero attached hydrogens (tertiary/aromatic N) is 1. The summed E-state index contributed by atoms with van der Waals surface area (Å²) in [4.78, 5) is 9.67. The van der Waals surface area contributed by atoms with E-state index in [9.17, 15) is 26.7 Å². The van der Waals surface area contributed by atoms with E-state index in [-0.39, 0.29) is 29.9 Å². The Bertz CT molecular complexity index is 867. The molecule has 0 saturated heterocycles. The molecule has 10 heteroatoms. The number of halogens is 5. The fraction of sp³-hybridized carbons (Fsp3) is 0.474. The highest BCUT2D eigenvalue weighted by Crippen LogP contribution is 2.43. The Labute approximate surface area is 167 Å². The van der Waals surface area contributed by atoms with Crippen LogP contribution >= 0.6 is 11.5 Å². The van der Waals surface area contributed by atoms with E-state index >= 15 is 0 Å². The van der Waals surface area contributed by atoms with Crippen molar-refractivity contribution < 1.29 is 36.6 Å². The Balaban J connectivity index is 1.84. The van der Waals surface area contributed by atoms with Crippen molar-refractivity contribution in [2.45, 2.75) is 57.2 Å². The van der Waals surface area contributed by atoms with Crippen molar-refractivity contribution in [1.29, 1.82) is 0 Å². The second kappa shape index (κ2) is 8.64. The molecule has 1 aromatic carbocycles. The Morgan fingerprint density at radius 1 is 1.21 bits per heavy atom. The molecule has 0 atom stereocenters.